The number of hydrogen-bond donors (Lipinski definition) is 1. The molecule has 0 heterocycles. The summed E-state index contributed by atoms with van der Waals surface area (Å²) < 4.78 is 5.42. The number of fused-ring (bicyclic) bond motifs is 1. The molecule has 0 spiro atoms. The molecule has 0 saturated carbocycles. The van der Waals surface area contributed by atoms with Crippen molar-refractivity contribution in [3.8, 4) is 5.75 Å². The van der Waals surface area contributed by atoms with Crippen molar-refractivity contribution in [2.75, 3.05) is 13.7 Å². The van der Waals surface area contributed by atoms with Crippen LogP contribution in [0.25, 0.3) is 0 Å². The van der Waals surface area contributed by atoms with Crippen molar-refractivity contribution in [1.29, 1.82) is 0 Å². The summed E-state index contributed by atoms with van der Waals surface area (Å²) in [6, 6.07) is 14.7. The van der Waals surface area contributed by atoms with Crippen molar-refractivity contribution >= 4 is 11.8 Å². The first-order valence-electron chi connectivity index (χ1n) is 10.3. The van der Waals surface area contributed by atoms with E-state index in [0.29, 0.717) is 12.2 Å². The van der Waals surface area contributed by atoms with E-state index in [1.54, 1.807) is 29.2 Å². The van der Waals surface area contributed by atoms with Crippen LogP contribution in [0.4, 0.5) is 0 Å². The molecule has 154 valence electrons. The largest absolute Gasteiger partial charge is 0.494 e. The van der Waals surface area contributed by atoms with Crippen LogP contribution >= 0.6 is 0 Å². The molecule has 1 aliphatic carbocycles. The molecule has 2 atom stereocenters. The Morgan fingerprint density at radius 3 is 2.48 bits per heavy atom. The molecule has 0 aromatic heterocycles. The average Bonchev–Trinajstić information content (AvgIpc) is 3.15. The molecule has 0 aliphatic heterocycles. The van der Waals surface area contributed by atoms with Crippen LogP contribution in [-0.4, -0.2) is 36.4 Å². The van der Waals surface area contributed by atoms with Crippen molar-refractivity contribution in [3.05, 3.63) is 65.2 Å². The fourth-order valence-corrected chi connectivity index (χ4v) is 3.92. The predicted molar refractivity (Wildman–Crippen MR) is 114 cm³/mol. The van der Waals surface area contributed by atoms with Gasteiger partial charge in [0.15, 0.2) is 0 Å². The highest BCUT2D eigenvalue weighted by Gasteiger charge is 2.34. The van der Waals surface area contributed by atoms with E-state index in [0.717, 1.165) is 18.6 Å². The minimum atomic E-state index is -0.577. The smallest absolute Gasteiger partial charge is 0.251 e. The Kier molecular flexibility index (Phi) is 6.57. The highest BCUT2D eigenvalue weighted by atomic mass is 16.5. The Hall–Kier alpha value is -2.82. The van der Waals surface area contributed by atoms with Gasteiger partial charge in [0.05, 0.1) is 12.6 Å². The zero-order valence-electron chi connectivity index (χ0n) is 17.6. The molecule has 5 heteroatoms. The van der Waals surface area contributed by atoms with Crippen molar-refractivity contribution in [3.63, 3.8) is 0 Å². The van der Waals surface area contributed by atoms with Crippen LogP contribution in [0.1, 0.15) is 54.7 Å². The maximum Gasteiger partial charge on any atom is 0.251 e. The molecule has 5 nitrogen and oxygen atoms in total. The first kappa shape index (κ1) is 20.9. The average molecular weight is 395 g/mol. The van der Waals surface area contributed by atoms with Gasteiger partial charge in [0.1, 0.15) is 11.8 Å². The summed E-state index contributed by atoms with van der Waals surface area (Å²) in [6.45, 7) is 6.40. The van der Waals surface area contributed by atoms with E-state index in [4.69, 9.17) is 4.74 Å². The van der Waals surface area contributed by atoms with Crippen LogP contribution in [0.5, 0.6) is 5.75 Å². The lowest BCUT2D eigenvalue weighted by molar-refractivity contribution is -0.135. The fraction of sp³-hybridized carbons (Fsp3) is 0.417. The number of nitrogens with one attached hydrogen (secondary N) is 1. The van der Waals surface area contributed by atoms with E-state index in [1.807, 2.05) is 40.0 Å². The Labute approximate surface area is 173 Å². The Balaban J connectivity index is 1.72. The zero-order chi connectivity index (χ0) is 21.0. The SMILES string of the molecule is CCOc1ccc(C(=O)NC(C(=O)N(C)C2CCc3ccccc32)C(C)C)cc1. The summed E-state index contributed by atoms with van der Waals surface area (Å²) in [7, 11) is 1.84. The lowest BCUT2D eigenvalue weighted by Gasteiger charge is -2.31. The number of rotatable bonds is 7. The third-order valence-corrected chi connectivity index (χ3v) is 5.56. The number of ether oxygens (including phenoxy) is 1. The van der Waals surface area contributed by atoms with Gasteiger partial charge in [-0.15, -0.1) is 0 Å². The molecule has 0 fully saturated rings. The molecule has 0 saturated heterocycles. The molecular weight excluding hydrogens is 364 g/mol. The minimum absolute atomic E-state index is 0.0201. The van der Waals surface area contributed by atoms with E-state index < -0.39 is 6.04 Å². The van der Waals surface area contributed by atoms with Gasteiger partial charge in [0, 0.05) is 12.6 Å². The van der Waals surface area contributed by atoms with E-state index in [9.17, 15) is 9.59 Å². The first-order chi connectivity index (χ1) is 13.9. The van der Waals surface area contributed by atoms with E-state index >= 15 is 0 Å². The second-order valence-electron chi connectivity index (χ2n) is 7.85. The van der Waals surface area contributed by atoms with E-state index in [-0.39, 0.29) is 23.8 Å². The number of hydrogen-bond acceptors (Lipinski definition) is 3. The maximum absolute atomic E-state index is 13.3. The lowest BCUT2D eigenvalue weighted by Crippen LogP contribution is -2.50. The number of likely N-dealkylation sites (N-methyl/N-ethyl adjacent to an activating group) is 1. The quantitative estimate of drug-likeness (QED) is 0.773. The molecule has 2 amide bonds. The monoisotopic (exact) mass is 394 g/mol. The molecule has 1 N–H and O–H groups in total. The molecule has 2 aromatic carbocycles. The molecule has 0 radical (unpaired) electrons. The second kappa shape index (κ2) is 9.12. The highest BCUT2D eigenvalue weighted by Crippen LogP contribution is 2.35. The van der Waals surface area contributed by atoms with E-state index in [1.165, 1.54) is 11.1 Å². The third kappa shape index (κ3) is 4.61. The molecule has 2 unspecified atom stereocenters. The number of amides is 2. The van der Waals surface area contributed by atoms with Crippen LogP contribution < -0.4 is 10.1 Å². The van der Waals surface area contributed by atoms with Crippen LogP contribution in [0, 0.1) is 5.92 Å². The molecule has 1 aliphatic rings. The van der Waals surface area contributed by atoms with Crippen molar-refractivity contribution < 1.29 is 14.3 Å². The summed E-state index contributed by atoms with van der Waals surface area (Å²) >= 11 is 0. The summed E-state index contributed by atoms with van der Waals surface area (Å²) in [5, 5.41) is 2.94. The Bertz CT molecular complexity index is 861. The van der Waals surface area contributed by atoms with Crippen LogP contribution in [0.2, 0.25) is 0 Å². The fourth-order valence-electron chi connectivity index (χ4n) is 3.92. The predicted octanol–water partition coefficient (Wildman–Crippen LogP) is 3.99. The minimum Gasteiger partial charge on any atom is -0.494 e. The van der Waals surface area contributed by atoms with Crippen LogP contribution in [0.15, 0.2) is 48.5 Å². The van der Waals surface area contributed by atoms with Gasteiger partial charge >= 0.3 is 0 Å². The summed E-state index contributed by atoms with van der Waals surface area (Å²) in [6.07, 6.45) is 1.89. The van der Waals surface area contributed by atoms with Gasteiger partial charge in [-0.2, -0.15) is 0 Å². The standard InChI is InChI=1S/C24H30N2O3/c1-5-29-19-13-10-18(11-14-19)23(27)25-22(16(2)3)24(28)26(4)21-15-12-17-8-6-7-9-20(17)21/h6-11,13-14,16,21-22H,5,12,15H2,1-4H3,(H,25,27). The van der Waals surface area contributed by atoms with Gasteiger partial charge in [0.25, 0.3) is 5.91 Å². The number of aryl methyl sites for hydroxylation is 1. The third-order valence-electron chi connectivity index (χ3n) is 5.56. The van der Waals surface area contributed by atoms with Gasteiger partial charge in [-0.1, -0.05) is 38.1 Å². The van der Waals surface area contributed by atoms with Gasteiger partial charge in [-0.25, -0.2) is 0 Å². The number of carbonyl (C=O) groups excluding carboxylic acids is 2. The lowest BCUT2D eigenvalue weighted by atomic mass is 10.00. The van der Waals surface area contributed by atoms with Crippen molar-refractivity contribution in [1.82, 2.24) is 10.2 Å². The van der Waals surface area contributed by atoms with Crippen molar-refractivity contribution in [2.45, 2.75) is 45.7 Å². The summed E-state index contributed by atoms with van der Waals surface area (Å²) in [5.74, 6) is 0.398. The molecule has 2 aromatic rings. The second-order valence-corrected chi connectivity index (χ2v) is 7.85. The van der Waals surface area contributed by atoms with Crippen molar-refractivity contribution in [2.24, 2.45) is 5.92 Å². The van der Waals surface area contributed by atoms with Gasteiger partial charge < -0.3 is 15.0 Å². The van der Waals surface area contributed by atoms with Crippen LogP contribution in [0.3, 0.4) is 0 Å². The molecule has 29 heavy (non-hydrogen) atoms. The zero-order valence-corrected chi connectivity index (χ0v) is 17.6. The number of benzene rings is 2. The van der Waals surface area contributed by atoms with Gasteiger partial charge in [0.2, 0.25) is 5.91 Å². The normalized spacial score (nSPS) is 16.2. The molecule has 0 bridgehead atoms. The van der Waals surface area contributed by atoms with Gasteiger partial charge in [-0.05, 0) is 61.1 Å². The highest BCUT2D eigenvalue weighted by molar-refractivity contribution is 5.97. The number of carbonyl (C=O) groups is 2. The topological polar surface area (TPSA) is 58.6 Å². The van der Waals surface area contributed by atoms with Gasteiger partial charge in [-0.3, -0.25) is 9.59 Å². The summed E-state index contributed by atoms with van der Waals surface area (Å²) in [4.78, 5) is 27.8. The first-order valence-corrected chi connectivity index (χ1v) is 10.3. The van der Waals surface area contributed by atoms with E-state index in [2.05, 4.69) is 17.4 Å². The molecular formula is C24H30N2O3. The maximum atomic E-state index is 13.3. The summed E-state index contributed by atoms with van der Waals surface area (Å²) in [5.41, 5.74) is 3.03. The number of nitrogens with zero attached hydrogens (tertiary/aromatic N) is 1. The Morgan fingerprint density at radius 1 is 1.14 bits per heavy atom. The molecule has 3 rings (SSSR count). The Morgan fingerprint density at radius 2 is 1.83 bits per heavy atom. The van der Waals surface area contributed by atoms with Crippen LogP contribution in [-0.2, 0) is 11.2 Å².